The van der Waals surface area contributed by atoms with Crippen molar-refractivity contribution in [1.29, 1.82) is 0 Å². The molecule has 0 aromatic heterocycles. The predicted octanol–water partition coefficient (Wildman–Crippen LogP) is 3.15. The lowest BCUT2D eigenvalue weighted by Gasteiger charge is -2.33. The molecular weight excluding hydrogens is 202 g/mol. The van der Waals surface area contributed by atoms with Crippen molar-refractivity contribution in [3.63, 3.8) is 0 Å². The third-order valence-electron chi connectivity index (χ3n) is 2.78. The first kappa shape index (κ1) is 13.5. The van der Waals surface area contributed by atoms with Gasteiger partial charge < -0.3 is 4.74 Å². The third-order valence-corrected chi connectivity index (χ3v) is 2.78. The first-order valence-corrected chi connectivity index (χ1v) is 5.80. The molecule has 93 valence electrons. The van der Waals surface area contributed by atoms with Gasteiger partial charge in [0.1, 0.15) is 11.3 Å². The van der Waals surface area contributed by atoms with Crippen molar-refractivity contribution in [3.8, 4) is 0 Å². The Bertz CT molecular complexity index is 298. The van der Waals surface area contributed by atoms with Crippen LogP contribution in [0.5, 0.6) is 0 Å². The fourth-order valence-electron chi connectivity index (χ4n) is 1.89. The number of hydrogen-bond acceptors (Lipinski definition) is 2. The Balaban J connectivity index is 2.81. The fourth-order valence-corrected chi connectivity index (χ4v) is 1.89. The average Bonchev–Trinajstić information content (AvgIpc) is 2.22. The highest BCUT2D eigenvalue weighted by Crippen LogP contribution is 2.39. The van der Waals surface area contributed by atoms with Gasteiger partial charge in [0.15, 0.2) is 0 Å². The van der Waals surface area contributed by atoms with E-state index in [9.17, 15) is 5.21 Å². The molecule has 16 heavy (non-hydrogen) atoms. The second kappa shape index (κ2) is 3.74. The molecule has 0 atom stereocenters. The van der Waals surface area contributed by atoms with Crippen LogP contribution in [0.3, 0.4) is 0 Å². The highest BCUT2D eigenvalue weighted by atomic mass is 16.5. The third kappa shape index (κ3) is 2.58. The second-order valence-corrected chi connectivity index (χ2v) is 6.86. The van der Waals surface area contributed by atoms with Gasteiger partial charge >= 0.3 is 0 Å². The summed E-state index contributed by atoms with van der Waals surface area (Å²) in [5, 5.41) is 13.2. The maximum absolute atomic E-state index is 12.1. The predicted molar refractivity (Wildman–Crippen MR) is 64.2 cm³/mol. The molecule has 0 bridgehead atoms. The molecule has 0 N–H and O–H groups in total. The minimum Gasteiger partial charge on any atom is -0.496 e. The van der Waals surface area contributed by atoms with Gasteiger partial charge in [-0.2, -0.15) is 0 Å². The van der Waals surface area contributed by atoms with E-state index < -0.39 is 11.1 Å². The van der Waals surface area contributed by atoms with Crippen LogP contribution in [0.1, 0.15) is 48.5 Å². The van der Waals surface area contributed by atoms with Crippen LogP contribution >= 0.6 is 0 Å². The van der Waals surface area contributed by atoms with Crippen LogP contribution in [0.25, 0.3) is 0 Å². The van der Waals surface area contributed by atoms with Crippen LogP contribution in [0.2, 0.25) is 0 Å². The molecular formula is C13H24NO2. The summed E-state index contributed by atoms with van der Waals surface area (Å²) < 4.78 is 5.81. The van der Waals surface area contributed by atoms with Gasteiger partial charge in [-0.15, -0.1) is 10.3 Å². The van der Waals surface area contributed by atoms with E-state index in [2.05, 4.69) is 20.8 Å². The summed E-state index contributed by atoms with van der Waals surface area (Å²) in [6.07, 6.45) is 1.94. The van der Waals surface area contributed by atoms with E-state index in [0.717, 1.165) is 10.8 Å². The normalized spacial score (nSPS) is 24.4. The molecule has 0 saturated carbocycles. The largest absolute Gasteiger partial charge is 0.496 e. The van der Waals surface area contributed by atoms with Crippen molar-refractivity contribution in [2.24, 2.45) is 5.41 Å². The molecule has 0 amide bonds. The minimum absolute atomic E-state index is 0.108. The number of rotatable bonds is 2. The van der Waals surface area contributed by atoms with Crippen molar-refractivity contribution in [2.45, 2.75) is 59.5 Å². The number of ether oxygens (including phenoxy) is 1. The first-order chi connectivity index (χ1) is 6.97. The molecule has 0 aromatic rings. The molecule has 0 spiro atoms. The zero-order chi connectivity index (χ0) is 12.8. The Hall–Kier alpha value is -0.540. The molecule has 1 rings (SSSR count). The number of nitrogens with zero attached hydrogens (tertiary/aromatic N) is 1. The summed E-state index contributed by atoms with van der Waals surface area (Å²) in [7, 11) is 0. The van der Waals surface area contributed by atoms with Crippen molar-refractivity contribution >= 4 is 0 Å². The lowest BCUT2D eigenvalue weighted by molar-refractivity contribution is -0.244. The molecule has 1 aliphatic heterocycles. The summed E-state index contributed by atoms with van der Waals surface area (Å²) in [6, 6.07) is 0. The lowest BCUT2D eigenvalue weighted by Crippen LogP contribution is -2.47. The smallest absolute Gasteiger partial charge is 0.116 e. The topological polar surface area (TPSA) is 32.4 Å². The zero-order valence-electron chi connectivity index (χ0n) is 11.5. The Kier molecular flexibility index (Phi) is 3.16. The Labute approximate surface area is 99.0 Å². The Morgan fingerprint density at radius 2 is 1.75 bits per heavy atom. The van der Waals surface area contributed by atoms with E-state index >= 15 is 0 Å². The van der Waals surface area contributed by atoms with Crippen LogP contribution in [0, 0.1) is 5.41 Å². The van der Waals surface area contributed by atoms with Gasteiger partial charge in [-0.05, 0) is 39.2 Å². The van der Waals surface area contributed by atoms with Crippen molar-refractivity contribution in [2.75, 3.05) is 6.61 Å². The van der Waals surface area contributed by atoms with Crippen molar-refractivity contribution in [1.82, 2.24) is 5.06 Å². The standard InChI is InChI=1S/C13H24NO2/c1-11(2,3)9-16-10-8-12(4,5)14(15)13(10,6)7/h8H,9H2,1-7H3. The lowest BCUT2D eigenvalue weighted by atomic mass is 9.98. The maximum atomic E-state index is 12.1. The van der Waals surface area contributed by atoms with Gasteiger partial charge in [0, 0.05) is 0 Å². The number of hydroxylamine groups is 2. The molecule has 1 heterocycles. The van der Waals surface area contributed by atoms with Gasteiger partial charge in [0.05, 0.1) is 12.1 Å². The van der Waals surface area contributed by atoms with Crippen LogP contribution < -0.4 is 0 Å². The molecule has 3 heteroatoms. The first-order valence-electron chi connectivity index (χ1n) is 5.80. The van der Waals surface area contributed by atoms with Crippen LogP contribution in [0.4, 0.5) is 0 Å². The highest BCUT2D eigenvalue weighted by Gasteiger charge is 2.48. The Morgan fingerprint density at radius 3 is 2.06 bits per heavy atom. The molecule has 0 unspecified atom stereocenters. The van der Waals surface area contributed by atoms with E-state index in [1.165, 1.54) is 0 Å². The minimum atomic E-state index is -0.561. The van der Waals surface area contributed by atoms with Gasteiger partial charge in [0.25, 0.3) is 0 Å². The van der Waals surface area contributed by atoms with Gasteiger partial charge in [-0.3, -0.25) is 0 Å². The molecule has 0 fully saturated rings. The summed E-state index contributed by atoms with van der Waals surface area (Å²) in [5.74, 6) is 0.794. The molecule has 0 saturated heterocycles. The Morgan fingerprint density at radius 1 is 1.25 bits per heavy atom. The second-order valence-electron chi connectivity index (χ2n) is 6.86. The molecule has 0 aliphatic carbocycles. The monoisotopic (exact) mass is 226 g/mol. The summed E-state index contributed by atoms with van der Waals surface area (Å²) in [4.78, 5) is 0. The van der Waals surface area contributed by atoms with E-state index in [4.69, 9.17) is 4.74 Å². The zero-order valence-corrected chi connectivity index (χ0v) is 11.5. The number of hydrogen-bond donors (Lipinski definition) is 0. The molecule has 0 aromatic carbocycles. The highest BCUT2D eigenvalue weighted by molar-refractivity contribution is 5.25. The SMILES string of the molecule is CC(C)(C)COC1=CC(C)(C)N([O])C1(C)C. The molecule has 3 nitrogen and oxygen atoms in total. The van der Waals surface area contributed by atoms with E-state index in [1.807, 2.05) is 33.8 Å². The van der Waals surface area contributed by atoms with E-state index in [1.54, 1.807) is 0 Å². The average molecular weight is 226 g/mol. The van der Waals surface area contributed by atoms with Crippen molar-refractivity contribution in [3.05, 3.63) is 11.8 Å². The quantitative estimate of drug-likeness (QED) is 0.724. The molecule has 1 aliphatic rings. The molecule has 1 radical (unpaired) electrons. The van der Waals surface area contributed by atoms with Gasteiger partial charge in [-0.1, -0.05) is 20.8 Å². The summed E-state index contributed by atoms with van der Waals surface area (Å²) in [6.45, 7) is 14.6. The van der Waals surface area contributed by atoms with Crippen LogP contribution in [-0.4, -0.2) is 22.7 Å². The van der Waals surface area contributed by atoms with E-state index in [-0.39, 0.29) is 5.41 Å². The summed E-state index contributed by atoms with van der Waals surface area (Å²) in [5.41, 5.74) is -0.928. The fraction of sp³-hybridized carbons (Fsp3) is 0.846. The van der Waals surface area contributed by atoms with Gasteiger partial charge in [0.2, 0.25) is 0 Å². The van der Waals surface area contributed by atoms with Gasteiger partial charge in [-0.25, -0.2) is 0 Å². The van der Waals surface area contributed by atoms with E-state index in [0.29, 0.717) is 6.61 Å². The van der Waals surface area contributed by atoms with Crippen LogP contribution in [0.15, 0.2) is 11.8 Å². The van der Waals surface area contributed by atoms with Crippen LogP contribution in [-0.2, 0) is 9.94 Å². The van der Waals surface area contributed by atoms with Crippen molar-refractivity contribution < 1.29 is 9.94 Å². The maximum Gasteiger partial charge on any atom is 0.116 e. The summed E-state index contributed by atoms with van der Waals surface area (Å²) >= 11 is 0.